The van der Waals surface area contributed by atoms with E-state index in [-0.39, 0.29) is 5.82 Å². The smallest absolute Gasteiger partial charge is 0.358 e. The van der Waals surface area contributed by atoms with Crippen molar-refractivity contribution in [3.63, 3.8) is 0 Å². The molecule has 0 bridgehead atoms. The van der Waals surface area contributed by atoms with Gasteiger partial charge >= 0.3 is 5.82 Å². The standard InChI is InChI=1S/C8H9N5O2/c1-6-10-7(13(14)15)8(11(6)2)12-5-3-4-9-12/h3-5H,1-2H3. The van der Waals surface area contributed by atoms with Crippen molar-refractivity contribution in [1.82, 2.24) is 19.3 Å². The van der Waals surface area contributed by atoms with Gasteiger partial charge in [0.2, 0.25) is 11.6 Å². The summed E-state index contributed by atoms with van der Waals surface area (Å²) in [5.41, 5.74) is 0. The Balaban J connectivity index is 2.68. The predicted molar refractivity (Wildman–Crippen MR) is 51.7 cm³/mol. The Hall–Kier alpha value is -2.18. The summed E-state index contributed by atoms with van der Waals surface area (Å²) < 4.78 is 3.06. The summed E-state index contributed by atoms with van der Waals surface area (Å²) in [6.07, 6.45) is 3.20. The van der Waals surface area contributed by atoms with E-state index >= 15 is 0 Å². The highest BCUT2D eigenvalue weighted by Crippen LogP contribution is 2.21. The van der Waals surface area contributed by atoms with Crippen LogP contribution in [-0.4, -0.2) is 24.3 Å². The van der Waals surface area contributed by atoms with Crippen LogP contribution in [0.3, 0.4) is 0 Å². The average Bonchev–Trinajstić information content (AvgIpc) is 2.76. The van der Waals surface area contributed by atoms with E-state index in [1.165, 1.54) is 4.68 Å². The third-order valence-electron chi connectivity index (χ3n) is 2.17. The van der Waals surface area contributed by atoms with Crippen LogP contribution >= 0.6 is 0 Å². The van der Waals surface area contributed by atoms with Crippen LogP contribution in [0, 0.1) is 17.0 Å². The first-order chi connectivity index (χ1) is 7.11. The number of aromatic nitrogens is 4. The molecule has 2 heterocycles. The minimum absolute atomic E-state index is 0.182. The summed E-state index contributed by atoms with van der Waals surface area (Å²) in [4.78, 5) is 14.1. The molecule has 0 amide bonds. The van der Waals surface area contributed by atoms with E-state index < -0.39 is 4.92 Å². The zero-order chi connectivity index (χ0) is 11.0. The van der Waals surface area contributed by atoms with Crippen molar-refractivity contribution in [2.75, 3.05) is 0 Å². The number of hydrogen-bond donors (Lipinski definition) is 0. The van der Waals surface area contributed by atoms with Crippen LogP contribution in [0.15, 0.2) is 18.5 Å². The normalized spacial score (nSPS) is 10.5. The molecule has 0 saturated carbocycles. The fourth-order valence-corrected chi connectivity index (χ4v) is 1.35. The summed E-state index contributed by atoms with van der Waals surface area (Å²) in [6.45, 7) is 1.71. The SMILES string of the molecule is Cc1nc([N+](=O)[O-])c(-n2cccn2)n1C. The molecule has 0 N–H and O–H groups in total. The average molecular weight is 207 g/mol. The lowest BCUT2D eigenvalue weighted by molar-refractivity contribution is -0.389. The third-order valence-corrected chi connectivity index (χ3v) is 2.17. The monoisotopic (exact) mass is 207 g/mol. The van der Waals surface area contributed by atoms with Gasteiger partial charge in [-0.2, -0.15) is 5.10 Å². The van der Waals surface area contributed by atoms with Crippen LogP contribution in [0.25, 0.3) is 5.82 Å². The lowest BCUT2D eigenvalue weighted by Crippen LogP contribution is -2.05. The van der Waals surface area contributed by atoms with Crippen LogP contribution < -0.4 is 0 Å². The van der Waals surface area contributed by atoms with Crippen LogP contribution in [0.1, 0.15) is 5.82 Å². The van der Waals surface area contributed by atoms with Crippen molar-refractivity contribution in [3.05, 3.63) is 34.4 Å². The van der Waals surface area contributed by atoms with Crippen molar-refractivity contribution in [3.8, 4) is 5.82 Å². The van der Waals surface area contributed by atoms with Gasteiger partial charge in [0.1, 0.15) is 0 Å². The van der Waals surface area contributed by atoms with Gasteiger partial charge in [-0.05, 0) is 16.0 Å². The Labute approximate surface area is 85.1 Å². The molecular formula is C8H9N5O2. The molecule has 0 aromatic carbocycles. The number of imidazole rings is 1. The zero-order valence-electron chi connectivity index (χ0n) is 8.28. The van der Waals surface area contributed by atoms with Gasteiger partial charge in [0.25, 0.3) is 0 Å². The maximum absolute atomic E-state index is 10.8. The molecule has 0 aliphatic carbocycles. The largest absolute Gasteiger partial charge is 0.409 e. The molecule has 78 valence electrons. The van der Waals surface area contributed by atoms with Crippen molar-refractivity contribution < 1.29 is 4.92 Å². The summed E-state index contributed by atoms with van der Waals surface area (Å²) in [6, 6.07) is 1.70. The number of hydrogen-bond acceptors (Lipinski definition) is 4. The van der Waals surface area contributed by atoms with Crippen molar-refractivity contribution in [2.24, 2.45) is 7.05 Å². The van der Waals surface area contributed by atoms with Crippen molar-refractivity contribution in [1.29, 1.82) is 0 Å². The van der Waals surface area contributed by atoms with Gasteiger partial charge in [-0.1, -0.05) is 0 Å². The topological polar surface area (TPSA) is 78.8 Å². The minimum atomic E-state index is -0.510. The molecule has 0 atom stereocenters. The fraction of sp³-hybridized carbons (Fsp3) is 0.250. The quantitative estimate of drug-likeness (QED) is 0.539. The van der Waals surface area contributed by atoms with E-state index in [0.29, 0.717) is 11.6 Å². The second kappa shape index (κ2) is 3.19. The Kier molecular flexibility index (Phi) is 2.00. The number of nitro groups is 1. The van der Waals surface area contributed by atoms with Gasteiger partial charge in [0, 0.05) is 26.4 Å². The molecule has 2 aromatic heterocycles. The molecule has 7 heteroatoms. The molecule has 7 nitrogen and oxygen atoms in total. The Morgan fingerprint density at radius 2 is 2.27 bits per heavy atom. The van der Waals surface area contributed by atoms with E-state index in [2.05, 4.69) is 10.1 Å². The molecule has 0 spiro atoms. The maximum Gasteiger partial charge on any atom is 0.409 e. The fourth-order valence-electron chi connectivity index (χ4n) is 1.35. The second-order valence-electron chi connectivity index (χ2n) is 3.07. The Bertz CT molecular complexity index is 499. The van der Waals surface area contributed by atoms with E-state index in [9.17, 15) is 10.1 Å². The van der Waals surface area contributed by atoms with E-state index in [1.54, 1.807) is 37.0 Å². The third kappa shape index (κ3) is 1.37. The lowest BCUT2D eigenvalue weighted by Gasteiger charge is -2.01. The second-order valence-corrected chi connectivity index (χ2v) is 3.07. The first kappa shape index (κ1) is 9.38. The highest BCUT2D eigenvalue weighted by atomic mass is 16.6. The maximum atomic E-state index is 10.8. The van der Waals surface area contributed by atoms with E-state index in [1.807, 2.05) is 0 Å². The van der Waals surface area contributed by atoms with Crippen molar-refractivity contribution >= 4 is 5.82 Å². The highest BCUT2D eigenvalue weighted by Gasteiger charge is 2.25. The van der Waals surface area contributed by atoms with Crippen LogP contribution in [0.5, 0.6) is 0 Å². The minimum Gasteiger partial charge on any atom is -0.358 e. The van der Waals surface area contributed by atoms with Gasteiger partial charge in [-0.3, -0.25) is 4.57 Å². The highest BCUT2D eigenvalue weighted by molar-refractivity contribution is 5.42. The van der Waals surface area contributed by atoms with Gasteiger partial charge in [-0.15, -0.1) is 0 Å². The van der Waals surface area contributed by atoms with Gasteiger partial charge < -0.3 is 10.1 Å². The molecule has 2 rings (SSSR count). The van der Waals surface area contributed by atoms with Crippen LogP contribution in [0.4, 0.5) is 5.82 Å². The zero-order valence-corrected chi connectivity index (χ0v) is 8.28. The summed E-state index contributed by atoms with van der Waals surface area (Å²) in [7, 11) is 1.71. The summed E-state index contributed by atoms with van der Waals surface area (Å²) in [5, 5.41) is 14.7. The number of aryl methyl sites for hydroxylation is 1. The molecule has 15 heavy (non-hydrogen) atoms. The molecule has 2 aromatic rings. The van der Waals surface area contributed by atoms with Crippen LogP contribution in [-0.2, 0) is 7.05 Å². The predicted octanol–water partition coefficient (Wildman–Crippen LogP) is 0.822. The molecule has 0 saturated heterocycles. The molecule has 0 aliphatic rings. The first-order valence-corrected chi connectivity index (χ1v) is 4.29. The molecule has 0 aliphatic heterocycles. The number of rotatable bonds is 2. The van der Waals surface area contributed by atoms with Crippen molar-refractivity contribution in [2.45, 2.75) is 6.92 Å². The first-order valence-electron chi connectivity index (χ1n) is 4.29. The summed E-state index contributed by atoms with van der Waals surface area (Å²) in [5.74, 6) is 0.758. The van der Waals surface area contributed by atoms with Gasteiger partial charge in [-0.25, -0.2) is 4.68 Å². The van der Waals surface area contributed by atoms with E-state index in [4.69, 9.17) is 0 Å². The molecule has 0 radical (unpaired) electrons. The Morgan fingerprint density at radius 1 is 1.53 bits per heavy atom. The summed E-state index contributed by atoms with van der Waals surface area (Å²) >= 11 is 0. The molecular weight excluding hydrogens is 198 g/mol. The van der Waals surface area contributed by atoms with E-state index in [0.717, 1.165) is 0 Å². The van der Waals surface area contributed by atoms with Crippen LogP contribution in [0.2, 0.25) is 0 Å². The Morgan fingerprint density at radius 3 is 2.80 bits per heavy atom. The molecule has 0 fully saturated rings. The lowest BCUT2D eigenvalue weighted by atomic mass is 10.6. The van der Waals surface area contributed by atoms with Gasteiger partial charge in [0.15, 0.2) is 0 Å². The molecule has 0 unspecified atom stereocenters. The van der Waals surface area contributed by atoms with Gasteiger partial charge in [0.05, 0.1) is 0 Å². The number of nitrogens with zero attached hydrogens (tertiary/aromatic N) is 5.